The van der Waals surface area contributed by atoms with Crippen molar-refractivity contribution in [2.24, 2.45) is 5.92 Å². The van der Waals surface area contributed by atoms with Gasteiger partial charge in [-0.3, -0.25) is 4.68 Å². The first-order valence-electron chi connectivity index (χ1n) is 8.80. The maximum absolute atomic E-state index is 12.4. The second-order valence-electron chi connectivity index (χ2n) is 6.61. The molecule has 3 heterocycles. The smallest absolute Gasteiger partial charge is 0.475 e. The standard InChI is InChI=1S/C16H15F2N5.C2HF3O2/c17-14(18)4-3-13(10-1-2-10)23-8-11(7-22-23)15-12-5-6-19-16(12)21-9-20-15;3-2(4,5)1(6)7/h4-10,13H,1-3H2,(H,19,20,21);(H,6,7). The quantitative estimate of drug-likeness (QED) is 0.579. The average molecular weight is 429 g/mol. The summed E-state index contributed by atoms with van der Waals surface area (Å²) in [6.45, 7) is 0. The number of carboxylic acid groups (broad SMARTS) is 1. The Morgan fingerprint density at radius 1 is 1.33 bits per heavy atom. The van der Waals surface area contributed by atoms with Crippen LogP contribution < -0.4 is 0 Å². The van der Waals surface area contributed by atoms with Gasteiger partial charge in [-0.05, 0) is 37.3 Å². The number of hydrogen-bond acceptors (Lipinski definition) is 4. The predicted molar refractivity (Wildman–Crippen MR) is 95.5 cm³/mol. The molecule has 4 rings (SSSR count). The Labute approximate surface area is 166 Å². The molecule has 0 radical (unpaired) electrons. The molecule has 0 saturated heterocycles. The van der Waals surface area contributed by atoms with Gasteiger partial charge in [-0.1, -0.05) is 0 Å². The van der Waals surface area contributed by atoms with Gasteiger partial charge in [-0.15, -0.1) is 0 Å². The second kappa shape index (κ2) is 8.59. The fourth-order valence-electron chi connectivity index (χ4n) is 2.95. The largest absolute Gasteiger partial charge is 0.490 e. The third-order valence-corrected chi connectivity index (χ3v) is 4.49. The number of allylic oxidation sites excluding steroid dienone is 1. The highest BCUT2D eigenvalue weighted by atomic mass is 19.4. The number of carbonyl (C=O) groups is 1. The Kier molecular flexibility index (Phi) is 6.13. The summed E-state index contributed by atoms with van der Waals surface area (Å²) in [5.74, 6) is -2.33. The number of fused-ring (bicyclic) bond motifs is 1. The van der Waals surface area contributed by atoms with Crippen molar-refractivity contribution in [2.75, 3.05) is 0 Å². The van der Waals surface area contributed by atoms with E-state index in [0.29, 0.717) is 12.3 Å². The van der Waals surface area contributed by atoms with E-state index in [1.807, 2.05) is 18.5 Å². The van der Waals surface area contributed by atoms with E-state index in [1.165, 1.54) is 6.33 Å². The van der Waals surface area contributed by atoms with Gasteiger partial charge >= 0.3 is 12.1 Å². The van der Waals surface area contributed by atoms with Crippen LogP contribution in [0.4, 0.5) is 22.0 Å². The number of hydrogen-bond donors (Lipinski definition) is 2. The highest BCUT2D eigenvalue weighted by Gasteiger charge is 2.38. The maximum Gasteiger partial charge on any atom is 0.490 e. The van der Waals surface area contributed by atoms with E-state index in [1.54, 1.807) is 10.9 Å². The van der Waals surface area contributed by atoms with Gasteiger partial charge in [0.25, 0.3) is 6.08 Å². The van der Waals surface area contributed by atoms with Gasteiger partial charge in [0.05, 0.1) is 17.9 Å². The maximum atomic E-state index is 12.4. The second-order valence-corrected chi connectivity index (χ2v) is 6.61. The summed E-state index contributed by atoms with van der Waals surface area (Å²) in [7, 11) is 0. The molecule has 160 valence electrons. The number of aromatic nitrogens is 5. The lowest BCUT2D eigenvalue weighted by atomic mass is 10.1. The van der Waals surface area contributed by atoms with Crippen molar-refractivity contribution in [3.05, 3.63) is 43.1 Å². The molecule has 1 aliphatic carbocycles. The monoisotopic (exact) mass is 429 g/mol. The van der Waals surface area contributed by atoms with Gasteiger partial charge in [0.1, 0.15) is 12.0 Å². The number of H-pyrrole nitrogens is 1. The molecule has 12 heteroatoms. The van der Waals surface area contributed by atoms with Crippen LogP contribution in [-0.2, 0) is 4.79 Å². The molecule has 1 saturated carbocycles. The minimum absolute atomic E-state index is 0.0196. The molecular weight excluding hydrogens is 413 g/mol. The molecule has 1 fully saturated rings. The summed E-state index contributed by atoms with van der Waals surface area (Å²) in [6, 6.07) is 1.90. The van der Waals surface area contributed by atoms with Crippen molar-refractivity contribution in [1.29, 1.82) is 0 Å². The first kappa shape index (κ1) is 21.4. The van der Waals surface area contributed by atoms with Crippen LogP contribution in [0.25, 0.3) is 22.3 Å². The fraction of sp³-hybridized carbons (Fsp3) is 0.333. The van der Waals surface area contributed by atoms with Crippen LogP contribution in [0.5, 0.6) is 0 Å². The minimum atomic E-state index is -5.08. The Morgan fingerprint density at radius 2 is 2.03 bits per heavy atom. The number of aliphatic carboxylic acids is 1. The van der Waals surface area contributed by atoms with Crippen LogP contribution in [0.1, 0.15) is 25.3 Å². The van der Waals surface area contributed by atoms with E-state index in [2.05, 4.69) is 20.1 Å². The zero-order valence-corrected chi connectivity index (χ0v) is 15.3. The summed E-state index contributed by atoms with van der Waals surface area (Å²) in [6.07, 6.45) is 3.65. The van der Waals surface area contributed by atoms with Crippen LogP contribution >= 0.6 is 0 Å². The Hall–Kier alpha value is -3.31. The number of rotatable bonds is 5. The molecule has 2 N–H and O–H groups in total. The van der Waals surface area contributed by atoms with E-state index >= 15 is 0 Å². The highest BCUT2D eigenvalue weighted by Crippen LogP contribution is 2.42. The van der Waals surface area contributed by atoms with Crippen molar-refractivity contribution in [2.45, 2.75) is 31.5 Å². The molecule has 3 aromatic heterocycles. The molecule has 3 aromatic rings. The molecular formula is C18H16F5N5O2. The van der Waals surface area contributed by atoms with Crippen molar-refractivity contribution in [3.63, 3.8) is 0 Å². The van der Waals surface area contributed by atoms with Gasteiger partial charge in [-0.25, -0.2) is 14.8 Å². The molecule has 0 aromatic carbocycles. The normalized spacial score (nSPS) is 14.7. The van der Waals surface area contributed by atoms with Gasteiger partial charge < -0.3 is 10.1 Å². The zero-order chi connectivity index (χ0) is 21.9. The summed E-state index contributed by atoms with van der Waals surface area (Å²) in [5, 5.41) is 12.4. The van der Waals surface area contributed by atoms with E-state index in [9.17, 15) is 22.0 Å². The first-order valence-corrected chi connectivity index (χ1v) is 8.80. The highest BCUT2D eigenvalue weighted by molar-refractivity contribution is 5.89. The van der Waals surface area contributed by atoms with Crippen LogP contribution in [0.15, 0.2) is 43.1 Å². The topological polar surface area (TPSA) is 96.7 Å². The molecule has 1 unspecified atom stereocenters. The molecule has 0 aliphatic heterocycles. The zero-order valence-electron chi connectivity index (χ0n) is 15.3. The van der Waals surface area contributed by atoms with Gasteiger partial charge in [0.2, 0.25) is 0 Å². The van der Waals surface area contributed by atoms with Gasteiger partial charge in [0.15, 0.2) is 0 Å². The van der Waals surface area contributed by atoms with Crippen LogP contribution in [0, 0.1) is 5.92 Å². The van der Waals surface area contributed by atoms with Crippen LogP contribution in [0.2, 0.25) is 0 Å². The lowest BCUT2D eigenvalue weighted by Crippen LogP contribution is -2.21. The minimum Gasteiger partial charge on any atom is -0.475 e. The van der Waals surface area contributed by atoms with Crippen molar-refractivity contribution >= 4 is 17.0 Å². The van der Waals surface area contributed by atoms with E-state index in [0.717, 1.165) is 41.2 Å². The Morgan fingerprint density at radius 3 is 2.63 bits per heavy atom. The lowest BCUT2D eigenvalue weighted by Gasteiger charge is -2.14. The lowest BCUT2D eigenvalue weighted by molar-refractivity contribution is -0.192. The summed E-state index contributed by atoms with van der Waals surface area (Å²) in [5.41, 5.74) is 2.43. The molecule has 7 nitrogen and oxygen atoms in total. The van der Waals surface area contributed by atoms with Gasteiger partial charge in [0, 0.05) is 23.3 Å². The van der Waals surface area contributed by atoms with Gasteiger partial charge in [-0.2, -0.15) is 27.1 Å². The average Bonchev–Trinajstić information content (AvgIpc) is 3.18. The number of nitrogens with zero attached hydrogens (tertiary/aromatic N) is 4. The molecule has 0 amide bonds. The summed E-state index contributed by atoms with van der Waals surface area (Å²) >= 11 is 0. The molecule has 0 spiro atoms. The third kappa shape index (κ3) is 5.19. The van der Waals surface area contributed by atoms with Crippen molar-refractivity contribution in [1.82, 2.24) is 24.7 Å². The predicted octanol–water partition coefficient (Wildman–Crippen LogP) is 4.58. The first-order chi connectivity index (χ1) is 14.2. The Bertz CT molecular complexity index is 1050. The third-order valence-electron chi connectivity index (χ3n) is 4.49. The molecule has 1 atom stereocenters. The number of alkyl halides is 3. The van der Waals surface area contributed by atoms with E-state index in [-0.39, 0.29) is 6.04 Å². The van der Waals surface area contributed by atoms with E-state index < -0.39 is 18.2 Å². The van der Waals surface area contributed by atoms with Crippen molar-refractivity contribution in [3.8, 4) is 11.3 Å². The number of carboxylic acids is 1. The fourth-order valence-corrected chi connectivity index (χ4v) is 2.95. The number of halogens is 5. The molecule has 1 aliphatic rings. The Balaban J connectivity index is 0.000000318. The van der Waals surface area contributed by atoms with E-state index in [4.69, 9.17) is 9.90 Å². The summed E-state index contributed by atoms with van der Waals surface area (Å²) < 4.78 is 58.4. The van der Waals surface area contributed by atoms with Crippen molar-refractivity contribution < 1.29 is 31.9 Å². The SMILES string of the molecule is FC(F)=CCC(C1CC1)n1cc(-c2ncnc3[nH]ccc23)cn1.O=C(O)C(F)(F)F. The number of nitrogens with one attached hydrogen (secondary N) is 1. The summed E-state index contributed by atoms with van der Waals surface area (Å²) in [4.78, 5) is 20.5. The molecule has 0 bridgehead atoms. The van der Waals surface area contributed by atoms with Crippen LogP contribution in [0.3, 0.4) is 0 Å². The molecule has 30 heavy (non-hydrogen) atoms. The number of aromatic amines is 1. The van der Waals surface area contributed by atoms with Crippen LogP contribution in [-0.4, -0.2) is 42.0 Å².